The third-order valence-corrected chi connectivity index (χ3v) is 13.9. The van der Waals surface area contributed by atoms with E-state index in [1.165, 1.54) is 32.2 Å². The maximum absolute atomic E-state index is 15.6. The summed E-state index contributed by atoms with van der Waals surface area (Å²) < 4.78 is 56.5. The van der Waals surface area contributed by atoms with Crippen LogP contribution in [-0.4, -0.2) is 60.9 Å². The molecule has 0 radical (unpaired) electrons. The van der Waals surface area contributed by atoms with Gasteiger partial charge in [-0.3, -0.25) is 0 Å². The SMILES string of the molecule is C=NC(=N/C=C(\C)c1cc2c(cc1F)nc1n2[C@@H](c2c(Br)cccc2OC(F)F)C[C@H]1NCCO[Si](C)(C)C(C)(C)C)C(C)(C)O. The summed E-state index contributed by atoms with van der Waals surface area (Å²) in [6, 6.07) is 7.26. The standard InChI is InChI=1S/C33H43BrF3N5O3Si/c1-19(18-40-30(38-7)33(5,6)43)20-15-25-23(16-22(20)35)41-29-24(39-13-14-44-46(8,9)32(2,3)4)17-26(42(25)29)28-21(34)11-10-12-27(28)45-31(36)37/h10-12,15-16,18,24,26,31,39,43H,7,13-14,17H2,1-6,8-9H3/b19-18+,40-30?/t24-,26-/m1/s1. The van der Waals surface area contributed by atoms with Crippen LogP contribution in [0.3, 0.4) is 0 Å². The van der Waals surface area contributed by atoms with Crippen molar-refractivity contribution in [3.8, 4) is 5.75 Å². The molecule has 0 bridgehead atoms. The van der Waals surface area contributed by atoms with E-state index in [1.54, 1.807) is 25.1 Å². The van der Waals surface area contributed by atoms with Gasteiger partial charge in [0.25, 0.3) is 0 Å². The first kappa shape index (κ1) is 36.0. The van der Waals surface area contributed by atoms with Crippen LogP contribution in [0.1, 0.15) is 77.0 Å². The fourth-order valence-electron chi connectivity index (χ4n) is 5.28. The van der Waals surface area contributed by atoms with Gasteiger partial charge >= 0.3 is 6.61 Å². The van der Waals surface area contributed by atoms with Crippen LogP contribution in [-0.2, 0) is 4.43 Å². The van der Waals surface area contributed by atoms with Crippen LogP contribution in [0, 0.1) is 5.82 Å². The third kappa shape index (κ3) is 7.65. The van der Waals surface area contributed by atoms with Gasteiger partial charge in [0.05, 0.1) is 23.1 Å². The maximum Gasteiger partial charge on any atom is 0.387 e. The molecule has 0 aliphatic carbocycles. The number of amidine groups is 1. The maximum atomic E-state index is 15.6. The number of aliphatic imine (C=N–C) groups is 2. The number of fused-ring (bicyclic) bond motifs is 3. The van der Waals surface area contributed by atoms with Gasteiger partial charge in [-0.25, -0.2) is 19.4 Å². The monoisotopic (exact) mass is 721 g/mol. The number of imidazole rings is 1. The quantitative estimate of drug-likeness (QED) is 0.0898. The Balaban J connectivity index is 1.80. The van der Waals surface area contributed by atoms with E-state index in [0.717, 1.165) is 0 Å². The zero-order chi connectivity index (χ0) is 34.2. The van der Waals surface area contributed by atoms with Crippen molar-refractivity contribution in [2.75, 3.05) is 13.2 Å². The molecule has 1 aliphatic heterocycles. The molecule has 2 heterocycles. The number of nitrogens with one attached hydrogen (secondary N) is 1. The molecule has 0 amide bonds. The Morgan fingerprint density at radius 3 is 2.57 bits per heavy atom. The predicted octanol–water partition coefficient (Wildman–Crippen LogP) is 8.42. The van der Waals surface area contributed by atoms with Gasteiger partial charge < -0.3 is 24.2 Å². The Labute approximate surface area is 278 Å². The first-order valence-electron chi connectivity index (χ1n) is 15.1. The smallest absolute Gasteiger partial charge is 0.387 e. The van der Waals surface area contributed by atoms with E-state index in [0.29, 0.717) is 52.0 Å². The minimum absolute atomic E-state index is 0.0490. The van der Waals surface area contributed by atoms with Crippen LogP contribution in [0.2, 0.25) is 18.1 Å². The number of allylic oxidation sites excluding steroid dienone is 1. The molecular formula is C33H43BrF3N5O3Si. The van der Waals surface area contributed by atoms with Crippen molar-refractivity contribution >= 4 is 53.4 Å². The highest BCUT2D eigenvalue weighted by Crippen LogP contribution is 2.47. The minimum atomic E-state index is -3.01. The Morgan fingerprint density at radius 2 is 1.96 bits per heavy atom. The van der Waals surface area contributed by atoms with E-state index >= 15 is 4.39 Å². The average Bonchev–Trinajstić information content (AvgIpc) is 3.46. The largest absolute Gasteiger partial charge is 0.434 e. The molecule has 4 rings (SSSR count). The Morgan fingerprint density at radius 1 is 1.26 bits per heavy atom. The highest BCUT2D eigenvalue weighted by Gasteiger charge is 2.39. The van der Waals surface area contributed by atoms with Crippen molar-refractivity contribution in [2.24, 2.45) is 9.98 Å². The summed E-state index contributed by atoms with van der Waals surface area (Å²) in [5.41, 5.74) is 1.01. The van der Waals surface area contributed by atoms with Gasteiger partial charge in [-0.1, -0.05) is 42.8 Å². The topological polar surface area (TPSA) is 93.3 Å². The molecule has 46 heavy (non-hydrogen) atoms. The molecule has 0 saturated carbocycles. The lowest BCUT2D eigenvalue weighted by molar-refractivity contribution is -0.0507. The zero-order valence-corrected chi connectivity index (χ0v) is 30.2. The number of hydrogen-bond acceptors (Lipinski definition) is 6. The van der Waals surface area contributed by atoms with Gasteiger partial charge in [0.15, 0.2) is 14.2 Å². The molecule has 3 aromatic rings. The number of hydrogen-bond donors (Lipinski definition) is 2. The van der Waals surface area contributed by atoms with Gasteiger partial charge in [-0.2, -0.15) is 8.78 Å². The summed E-state index contributed by atoms with van der Waals surface area (Å²) in [5.74, 6) is 0.289. The molecule has 0 spiro atoms. The zero-order valence-electron chi connectivity index (χ0n) is 27.6. The Kier molecular flexibility index (Phi) is 10.7. The average molecular weight is 723 g/mol. The van der Waals surface area contributed by atoms with Gasteiger partial charge in [-0.05, 0) is 75.8 Å². The van der Waals surface area contributed by atoms with Gasteiger partial charge in [-0.15, -0.1) is 0 Å². The molecule has 2 atom stereocenters. The molecule has 13 heteroatoms. The predicted molar refractivity (Wildman–Crippen MR) is 184 cm³/mol. The van der Waals surface area contributed by atoms with E-state index in [9.17, 15) is 13.9 Å². The van der Waals surface area contributed by atoms with Crippen molar-refractivity contribution in [1.82, 2.24) is 14.9 Å². The summed E-state index contributed by atoms with van der Waals surface area (Å²) in [7, 11) is -1.96. The fourth-order valence-corrected chi connectivity index (χ4v) is 6.94. The molecule has 8 nitrogen and oxygen atoms in total. The summed E-state index contributed by atoms with van der Waals surface area (Å²) >= 11 is 3.57. The van der Waals surface area contributed by atoms with Crippen molar-refractivity contribution in [3.63, 3.8) is 0 Å². The number of rotatable bonds is 11. The van der Waals surface area contributed by atoms with Crippen LogP contribution in [0.25, 0.3) is 16.6 Å². The fraction of sp³-hybridized carbons (Fsp3) is 0.485. The second-order valence-corrected chi connectivity index (χ2v) is 19.2. The van der Waals surface area contributed by atoms with Crippen LogP contribution in [0.4, 0.5) is 13.2 Å². The number of alkyl halides is 2. The molecule has 2 N–H and O–H groups in total. The van der Waals surface area contributed by atoms with Crippen molar-refractivity contribution in [1.29, 1.82) is 0 Å². The van der Waals surface area contributed by atoms with Crippen molar-refractivity contribution in [2.45, 2.75) is 90.4 Å². The summed E-state index contributed by atoms with van der Waals surface area (Å²) in [6.07, 6.45) is 1.92. The molecule has 250 valence electrons. The number of ether oxygens (including phenoxy) is 1. The second-order valence-electron chi connectivity index (χ2n) is 13.5. The van der Waals surface area contributed by atoms with Gasteiger partial charge in [0.1, 0.15) is 23.0 Å². The molecule has 2 aromatic carbocycles. The lowest BCUT2D eigenvalue weighted by Crippen LogP contribution is -2.42. The number of nitrogens with zero attached hydrogens (tertiary/aromatic N) is 4. The summed E-state index contributed by atoms with van der Waals surface area (Å²) in [6.45, 7) is 17.2. The number of benzene rings is 2. The van der Waals surface area contributed by atoms with Crippen LogP contribution in [0.5, 0.6) is 5.75 Å². The highest BCUT2D eigenvalue weighted by atomic mass is 79.9. The van der Waals surface area contributed by atoms with E-state index in [4.69, 9.17) is 14.1 Å². The number of aliphatic hydroxyl groups is 1. The van der Waals surface area contributed by atoms with E-state index < -0.39 is 32.4 Å². The second kappa shape index (κ2) is 13.7. The van der Waals surface area contributed by atoms with Gasteiger partial charge in [0, 0.05) is 41.0 Å². The highest BCUT2D eigenvalue weighted by molar-refractivity contribution is 9.10. The lowest BCUT2D eigenvalue weighted by atomic mass is 10.0. The van der Waals surface area contributed by atoms with Crippen molar-refractivity contribution < 1.29 is 27.4 Å². The van der Waals surface area contributed by atoms with Crippen LogP contribution >= 0.6 is 15.9 Å². The third-order valence-electron chi connectivity index (χ3n) is 8.71. The number of aromatic nitrogens is 2. The Bertz CT molecular complexity index is 1660. The van der Waals surface area contributed by atoms with E-state index in [-0.39, 0.29) is 28.2 Å². The molecule has 1 aromatic heterocycles. The lowest BCUT2D eigenvalue weighted by Gasteiger charge is -2.36. The first-order chi connectivity index (χ1) is 21.4. The normalized spacial score (nSPS) is 18.0. The van der Waals surface area contributed by atoms with Gasteiger partial charge in [0.2, 0.25) is 0 Å². The molecule has 1 aliphatic rings. The van der Waals surface area contributed by atoms with Crippen LogP contribution in [0.15, 0.2) is 51.0 Å². The van der Waals surface area contributed by atoms with E-state index in [1.807, 2.05) is 4.57 Å². The molecular weight excluding hydrogens is 679 g/mol. The van der Waals surface area contributed by atoms with Crippen LogP contribution < -0.4 is 10.1 Å². The molecule has 0 saturated heterocycles. The van der Waals surface area contributed by atoms with Crippen molar-refractivity contribution in [3.05, 3.63) is 63.8 Å². The van der Waals surface area contributed by atoms with E-state index in [2.05, 4.69) is 71.8 Å². The summed E-state index contributed by atoms with van der Waals surface area (Å²) in [4.78, 5) is 12.9. The Hall–Kier alpha value is -2.84. The number of halogens is 4. The minimum Gasteiger partial charge on any atom is -0.434 e. The molecule has 0 fully saturated rings. The molecule has 0 unspecified atom stereocenters. The summed E-state index contributed by atoms with van der Waals surface area (Å²) in [5, 5.41) is 13.9. The first-order valence-corrected chi connectivity index (χ1v) is 18.8.